The topological polar surface area (TPSA) is 42.5 Å². The van der Waals surface area contributed by atoms with Crippen LogP contribution in [0.4, 0.5) is 0 Å². The first-order valence-corrected chi connectivity index (χ1v) is 6.11. The van der Waals surface area contributed by atoms with Gasteiger partial charge in [-0.15, -0.1) is 0 Å². The van der Waals surface area contributed by atoms with Gasteiger partial charge in [-0.3, -0.25) is 0 Å². The highest BCUT2D eigenvalue weighted by Gasteiger charge is 2.16. The van der Waals surface area contributed by atoms with Gasteiger partial charge in [0.15, 0.2) is 16.6 Å². The number of benzene rings is 1. The summed E-state index contributed by atoms with van der Waals surface area (Å²) in [5, 5.41) is 6.94. The minimum Gasteiger partial charge on any atom is -0.454 e. The van der Waals surface area contributed by atoms with Crippen LogP contribution in [0.2, 0.25) is 0 Å². The third kappa shape index (κ3) is 3.00. The molecule has 0 amide bonds. The van der Waals surface area contributed by atoms with E-state index in [0.717, 1.165) is 30.0 Å². The summed E-state index contributed by atoms with van der Waals surface area (Å²) in [5.74, 6) is 1.62. The Kier molecular flexibility index (Phi) is 4.03. The van der Waals surface area contributed by atoms with Crippen LogP contribution in [0, 0.1) is 0 Å². The lowest BCUT2D eigenvalue weighted by molar-refractivity contribution is 0.173. The highest BCUT2D eigenvalue weighted by Crippen LogP contribution is 2.35. The summed E-state index contributed by atoms with van der Waals surface area (Å²) in [6, 6.07) is 5.86. The quantitative estimate of drug-likeness (QED) is 0.800. The second-order valence-electron chi connectivity index (χ2n) is 3.76. The zero-order chi connectivity index (χ0) is 12.1. The number of rotatable bonds is 4. The molecule has 2 N–H and O–H groups in total. The summed E-state index contributed by atoms with van der Waals surface area (Å²) >= 11 is 5.15. The summed E-state index contributed by atoms with van der Waals surface area (Å²) in [6.07, 6.45) is 1.06. The fourth-order valence-corrected chi connectivity index (χ4v) is 1.78. The fraction of sp³-hybridized carbons (Fsp3) is 0.417. The predicted molar refractivity (Wildman–Crippen MR) is 70.3 cm³/mol. The van der Waals surface area contributed by atoms with Gasteiger partial charge < -0.3 is 20.1 Å². The SMILES string of the molecule is CCCNC(=S)NCc1cccc2c1OCO2. The summed E-state index contributed by atoms with van der Waals surface area (Å²) in [5.41, 5.74) is 1.06. The summed E-state index contributed by atoms with van der Waals surface area (Å²) in [6.45, 7) is 3.93. The minimum atomic E-state index is 0.297. The van der Waals surface area contributed by atoms with Gasteiger partial charge in [0, 0.05) is 18.7 Å². The molecular weight excluding hydrogens is 236 g/mol. The van der Waals surface area contributed by atoms with Crippen LogP contribution in [-0.4, -0.2) is 18.5 Å². The van der Waals surface area contributed by atoms with Crippen LogP contribution in [0.3, 0.4) is 0 Å². The standard InChI is InChI=1S/C12H16N2O2S/c1-2-6-13-12(17)14-7-9-4-3-5-10-11(9)16-8-15-10/h3-5H,2,6-8H2,1H3,(H2,13,14,17). The molecule has 1 aromatic carbocycles. The molecule has 17 heavy (non-hydrogen) atoms. The predicted octanol–water partition coefficient (Wildman–Crippen LogP) is 1.79. The van der Waals surface area contributed by atoms with Crippen molar-refractivity contribution < 1.29 is 9.47 Å². The molecule has 1 aliphatic heterocycles. The van der Waals surface area contributed by atoms with E-state index in [2.05, 4.69) is 17.6 Å². The van der Waals surface area contributed by atoms with E-state index in [9.17, 15) is 0 Å². The van der Waals surface area contributed by atoms with Crippen molar-refractivity contribution in [3.63, 3.8) is 0 Å². The van der Waals surface area contributed by atoms with E-state index in [0.29, 0.717) is 18.5 Å². The van der Waals surface area contributed by atoms with E-state index in [4.69, 9.17) is 21.7 Å². The van der Waals surface area contributed by atoms with E-state index in [1.807, 2.05) is 18.2 Å². The Bertz CT molecular complexity index is 409. The van der Waals surface area contributed by atoms with Gasteiger partial charge in [-0.1, -0.05) is 19.1 Å². The van der Waals surface area contributed by atoms with Crippen LogP contribution < -0.4 is 20.1 Å². The molecule has 0 aromatic heterocycles. The molecule has 0 unspecified atom stereocenters. The third-order valence-electron chi connectivity index (χ3n) is 2.45. The first-order chi connectivity index (χ1) is 8.31. The lowest BCUT2D eigenvalue weighted by Crippen LogP contribution is -2.35. The average Bonchev–Trinajstić information content (AvgIpc) is 2.82. The molecule has 1 aromatic rings. The van der Waals surface area contributed by atoms with E-state index >= 15 is 0 Å². The second-order valence-corrected chi connectivity index (χ2v) is 4.17. The Morgan fingerprint density at radius 3 is 3.06 bits per heavy atom. The first kappa shape index (κ1) is 12.0. The molecule has 0 spiro atoms. The second kappa shape index (κ2) is 5.72. The van der Waals surface area contributed by atoms with Gasteiger partial charge in [-0.05, 0) is 24.7 Å². The first-order valence-electron chi connectivity index (χ1n) is 5.70. The monoisotopic (exact) mass is 252 g/mol. The Hall–Kier alpha value is -1.49. The average molecular weight is 252 g/mol. The molecule has 0 atom stereocenters. The lowest BCUT2D eigenvalue weighted by Gasteiger charge is -2.10. The van der Waals surface area contributed by atoms with Crippen LogP contribution in [0.25, 0.3) is 0 Å². The molecule has 1 heterocycles. The summed E-state index contributed by atoms with van der Waals surface area (Å²) < 4.78 is 10.7. The highest BCUT2D eigenvalue weighted by atomic mass is 32.1. The molecule has 0 fully saturated rings. The number of hydrogen-bond acceptors (Lipinski definition) is 3. The molecule has 92 valence electrons. The van der Waals surface area contributed by atoms with Gasteiger partial charge in [-0.25, -0.2) is 0 Å². The van der Waals surface area contributed by atoms with Crippen LogP contribution in [0.1, 0.15) is 18.9 Å². The van der Waals surface area contributed by atoms with Crippen molar-refractivity contribution in [1.29, 1.82) is 0 Å². The van der Waals surface area contributed by atoms with Gasteiger partial charge in [0.1, 0.15) is 0 Å². The number of fused-ring (bicyclic) bond motifs is 1. The van der Waals surface area contributed by atoms with Crippen molar-refractivity contribution in [2.45, 2.75) is 19.9 Å². The van der Waals surface area contributed by atoms with Crippen molar-refractivity contribution >= 4 is 17.3 Å². The van der Waals surface area contributed by atoms with E-state index in [1.54, 1.807) is 0 Å². The molecule has 5 heteroatoms. The number of thiocarbonyl (C=S) groups is 1. The van der Waals surface area contributed by atoms with Gasteiger partial charge in [0.25, 0.3) is 0 Å². The molecule has 0 aliphatic carbocycles. The molecule has 0 saturated heterocycles. The summed E-state index contributed by atoms with van der Waals surface area (Å²) in [4.78, 5) is 0. The molecule has 1 aliphatic rings. The van der Waals surface area contributed by atoms with Gasteiger partial charge in [0.05, 0.1) is 0 Å². The Balaban J connectivity index is 1.91. The fourth-order valence-electron chi connectivity index (χ4n) is 1.61. The van der Waals surface area contributed by atoms with Crippen molar-refractivity contribution in [2.75, 3.05) is 13.3 Å². The molecule has 0 saturated carbocycles. The Labute approximate surface area is 106 Å². The van der Waals surface area contributed by atoms with Crippen LogP contribution >= 0.6 is 12.2 Å². The largest absolute Gasteiger partial charge is 0.454 e. The van der Waals surface area contributed by atoms with Crippen LogP contribution in [0.15, 0.2) is 18.2 Å². The number of ether oxygens (including phenoxy) is 2. The van der Waals surface area contributed by atoms with Crippen LogP contribution in [0.5, 0.6) is 11.5 Å². The molecule has 0 bridgehead atoms. The van der Waals surface area contributed by atoms with Crippen molar-refractivity contribution in [2.24, 2.45) is 0 Å². The van der Waals surface area contributed by atoms with Gasteiger partial charge >= 0.3 is 0 Å². The van der Waals surface area contributed by atoms with E-state index in [-0.39, 0.29) is 0 Å². The van der Waals surface area contributed by atoms with Crippen molar-refractivity contribution in [3.8, 4) is 11.5 Å². The van der Waals surface area contributed by atoms with Crippen molar-refractivity contribution in [1.82, 2.24) is 10.6 Å². The Morgan fingerprint density at radius 1 is 1.35 bits per heavy atom. The number of nitrogens with one attached hydrogen (secondary N) is 2. The zero-order valence-electron chi connectivity index (χ0n) is 9.79. The van der Waals surface area contributed by atoms with Crippen molar-refractivity contribution in [3.05, 3.63) is 23.8 Å². The molecule has 0 radical (unpaired) electrons. The number of para-hydroxylation sites is 1. The maximum absolute atomic E-state index is 5.42. The number of hydrogen-bond donors (Lipinski definition) is 2. The molecule has 4 nitrogen and oxygen atoms in total. The minimum absolute atomic E-state index is 0.297. The van der Waals surface area contributed by atoms with Crippen LogP contribution in [-0.2, 0) is 6.54 Å². The highest BCUT2D eigenvalue weighted by molar-refractivity contribution is 7.80. The van der Waals surface area contributed by atoms with Gasteiger partial charge in [0.2, 0.25) is 6.79 Å². The maximum atomic E-state index is 5.42. The summed E-state index contributed by atoms with van der Waals surface area (Å²) in [7, 11) is 0. The lowest BCUT2D eigenvalue weighted by atomic mass is 10.2. The molecular formula is C12H16N2O2S. The normalized spacial score (nSPS) is 12.3. The maximum Gasteiger partial charge on any atom is 0.231 e. The Morgan fingerprint density at radius 2 is 2.24 bits per heavy atom. The van der Waals surface area contributed by atoms with E-state index in [1.165, 1.54) is 0 Å². The molecule has 2 rings (SSSR count). The zero-order valence-corrected chi connectivity index (χ0v) is 10.6. The smallest absolute Gasteiger partial charge is 0.231 e. The van der Waals surface area contributed by atoms with Gasteiger partial charge in [-0.2, -0.15) is 0 Å². The van der Waals surface area contributed by atoms with E-state index < -0.39 is 0 Å². The third-order valence-corrected chi connectivity index (χ3v) is 2.74.